The summed E-state index contributed by atoms with van der Waals surface area (Å²) in [6.07, 6.45) is 1.82. The first kappa shape index (κ1) is 19.5. The Balaban J connectivity index is 1.98. The Kier molecular flexibility index (Phi) is 5.58. The second-order valence-electron chi connectivity index (χ2n) is 6.71. The van der Waals surface area contributed by atoms with Crippen molar-refractivity contribution in [1.29, 1.82) is 0 Å². The van der Waals surface area contributed by atoms with Gasteiger partial charge in [0.2, 0.25) is 0 Å². The van der Waals surface area contributed by atoms with Gasteiger partial charge in [0.05, 0.1) is 18.1 Å². The van der Waals surface area contributed by atoms with Gasteiger partial charge in [0.25, 0.3) is 11.1 Å². The SMILES string of the molecule is COCCN1C(=O)S/C(=C/c2cc(C)n(-c3cccc(C)c3C)c2C)C1=O. The number of rotatable bonds is 5. The molecule has 0 spiro atoms. The van der Waals surface area contributed by atoms with Crippen molar-refractivity contribution in [3.05, 3.63) is 57.2 Å². The molecule has 0 unspecified atom stereocenters. The van der Waals surface area contributed by atoms with Crippen LogP contribution in [-0.2, 0) is 9.53 Å². The molecule has 1 aliphatic heterocycles. The van der Waals surface area contributed by atoms with Crippen molar-refractivity contribution in [3.63, 3.8) is 0 Å². The number of carbonyl (C=O) groups excluding carboxylic acids is 2. The van der Waals surface area contributed by atoms with Gasteiger partial charge in [0, 0.05) is 24.2 Å². The third-order valence-electron chi connectivity index (χ3n) is 4.97. The summed E-state index contributed by atoms with van der Waals surface area (Å²) < 4.78 is 7.18. The number of aryl methyl sites for hydroxylation is 2. The van der Waals surface area contributed by atoms with Crippen LogP contribution in [0.3, 0.4) is 0 Å². The Morgan fingerprint density at radius 2 is 1.89 bits per heavy atom. The number of benzene rings is 1. The molecule has 5 nitrogen and oxygen atoms in total. The van der Waals surface area contributed by atoms with E-state index in [1.54, 1.807) is 7.11 Å². The van der Waals surface area contributed by atoms with Crippen molar-refractivity contribution < 1.29 is 14.3 Å². The first-order valence-corrected chi connectivity index (χ1v) is 9.66. The van der Waals surface area contributed by atoms with Gasteiger partial charge in [0.1, 0.15) is 0 Å². The van der Waals surface area contributed by atoms with E-state index in [1.807, 2.05) is 13.0 Å². The molecule has 0 saturated carbocycles. The molecule has 1 aromatic heterocycles. The molecule has 6 heteroatoms. The Hall–Kier alpha value is -2.31. The molecule has 0 atom stereocenters. The number of imide groups is 1. The average molecular weight is 385 g/mol. The zero-order valence-electron chi connectivity index (χ0n) is 16.3. The molecule has 2 amide bonds. The summed E-state index contributed by atoms with van der Waals surface area (Å²) in [4.78, 5) is 26.4. The lowest BCUT2D eigenvalue weighted by Gasteiger charge is -2.14. The van der Waals surface area contributed by atoms with Crippen molar-refractivity contribution in [2.24, 2.45) is 0 Å². The van der Waals surface area contributed by atoms with Gasteiger partial charge in [-0.2, -0.15) is 0 Å². The molecule has 0 N–H and O–H groups in total. The minimum absolute atomic E-state index is 0.244. The standard InChI is InChI=1S/C21H24N2O3S/c1-13-7-6-8-18(15(13)3)23-14(2)11-17(16(23)4)12-19-20(24)22(9-10-26-5)21(25)27-19/h6-8,11-12H,9-10H2,1-5H3/b19-12+. The molecule has 1 fully saturated rings. The summed E-state index contributed by atoms with van der Waals surface area (Å²) in [6, 6.07) is 8.31. The van der Waals surface area contributed by atoms with Crippen molar-refractivity contribution in [2.45, 2.75) is 27.7 Å². The Morgan fingerprint density at radius 3 is 2.59 bits per heavy atom. The van der Waals surface area contributed by atoms with Gasteiger partial charge in [0.15, 0.2) is 0 Å². The van der Waals surface area contributed by atoms with Gasteiger partial charge >= 0.3 is 0 Å². The van der Waals surface area contributed by atoms with Crippen LogP contribution in [0.5, 0.6) is 0 Å². The minimum atomic E-state index is -0.251. The average Bonchev–Trinajstić information content (AvgIpc) is 3.05. The van der Waals surface area contributed by atoms with E-state index in [9.17, 15) is 9.59 Å². The molecule has 27 heavy (non-hydrogen) atoms. The minimum Gasteiger partial charge on any atom is -0.383 e. The number of ether oxygens (including phenoxy) is 1. The molecule has 0 radical (unpaired) electrons. The fourth-order valence-corrected chi connectivity index (χ4v) is 4.15. The number of hydrogen-bond acceptors (Lipinski definition) is 4. The zero-order chi connectivity index (χ0) is 19.7. The molecule has 1 saturated heterocycles. The smallest absolute Gasteiger partial charge is 0.293 e. The van der Waals surface area contributed by atoms with E-state index in [0.29, 0.717) is 11.5 Å². The molecular formula is C21H24N2O3S. The monoisotopic (exact) mass is 384 g/mol. The number of aromatic nitrogens is 1. The van der Waals surface area contributed by atoms with Gasteiger partial charge in [-0.25, -0.2) is 0 Å². The van der Waals surface area contributed by atoms with Crippen molar-refractivity contribution in [1.82, 2.24) is 9.47 Å². The van der Waals surface area contributed by atoms with Crippen LogP contribution in [0.4, 0.5) is 4.79 Å². The van der Waals surface area contributed by atoms with Crippen LogP contribution in [0, 0.1) is 27.7 Å². The number of methoxy groups -OCH3 is 1. The van der Waals surface area contributed by atoms with E-state index >= 15 is 0 Å². The lowest BCUT2D eigenvalue weighted by atomic mass is 10.1. The predicted octanol–water partition coefficient (Wildman–Crippen LogP) is 4.39. The summed E-state index contributed by atoms with van der Waals surface area (Å²) in [5.41, 5.74) is 6.69. The number of amides is 2. The largest absolute Gasteiger partial charge is 0.383 e. The van der Waals surface area contributed by atoms with Crippen LogP contribution in [0.25, 0.3) is 11.8 Å². The summed E-state index contributed by atoms with van der Waals surface area (Å²) in [6.45, 7) is 8.92. The van der Waals surface area contributed by atoms with Gasteiger partial charge < -0.3 is 9.30 Å². The molecule has 0 aliphatic carbocycles. The van der Waals surface area contributed by atoms with Crippen LogP contribution < -0.4 is 0 Å². The Bertz CT molecular complexity index is 943. The number of hydrogen-bond donors (Lipinski definition) is 0. The summed E-state index contributed by atoms with van der Waals surface area (Å²) in [7, 11) is 1.55. The highest BCUT2D eigenvalue weighted by Gasteiger charge is 2.34. The molecular weight excluding hydrogens is 360 g/mol. The maximum atomic E-state index is 12.6. The second-order valence-corrected chi connectivity index (χ2v) is 7.70. The lowest BCUT2D eigenvalue weighted by Crippen LogP contribution is -2.31. The van der Waals surface area contributed by atoms with Crippen molar-refractivity contribution in [2.75, 3.05) is 20.3 Å². The third kappa shape index (κ3) is 3.59. The van der Waals surface area contributed by atoms with Crippen molar-refractivity contribution >= 4 is 29.0 Å². The van der Waals surface area contributed by atoms with E-state index in [0.717, 1.165) is 34.4 Å². The van der Waals surface area contributed by atoms with Crippen LogP contribution in [0.1, 0.15) is 28.1 Å². The van der Waals surface area contributed by atoms with E-state index in [-0.39, 0.29) is 17.7 Å². The summed E-state index contributed by atoms with van der Waals surface area (Å²) in [5.74, 6) is -0.251. The first-order chi connectivity index (χ1) is 12.8. The van der Waals surface area contributed by atoms with Crippen LogP contribution >= 0.6 is 11.8 Å². The second kappa shape index (κ2) is 7.74. The molecule has 1 aromatic carbocycles. The maximum absolute atomic E-state index is 12.6. The fraction of sp³-hybridized carbons (Fsp3) is 0.333. The van der Waals surface area contributed by atoms with E-state index in [4.69, 9.17) is 4.74 Å². The van der Waals surface area contributed by atoms with Gasteiger partial charge in [-0.1, -0.05) is 12.1 Å². The number of nitrogens with zero attached hydrogens (tertiary/aromatic N) is 2. The van der Waals surface area contributed by atoms with Gasteiger partial charge in [-0.3, -0.25) is 14.5 Å². The number of carbonyl (C=O) groups is 2. The van der Waals surface area contributed by atoms with Crippen LogP contribution in [0.15, 0.2) is 29.2 Å². The molecule has 2 heterocycles. The first-order valence-electron chi connectivity index (χ1n) is 8.85. The zero-order valence-corrected chi connectivity index (χ0v) is 17.1. The predicted molar refractivity (Wildman–Crippen MR) is 109 cm³/mol. The van der Waals surface area contributed by atoms with E-state index in [1.165, 1.54) is 16.0 Å². The highest BCUT2D eigenvalue weighted by Crippen LogP contribution is 2.34. The summed E-state index contributed by atoms with van der Waals surface area (Å²) >= 11 is 0.986. The maximum Gasteiger partial charge on any atom is 0.293 e. The van der Waals surface area contributed by atoms with E-state index in [2.05, 4.69) is 49.6 Å². The van der Waals surface area contributed by atoms with E-state index < -0.39 is 0 Å². The third-order valence-corrected chi connectivity index (χ3v) is 5.87. The topological polar surface area (TPSA) is 51.5 Å². The molecule has 3 rings (SSSR count). The van der Waals surface area contributed by atoms with Crippen molar-refractivity contribution in [3.8, 4) is 5.69 Å². The lowest BCUT2D eigenvalue weighted by molar-refractivity contribution is -0.123. The highest BCUT2D eigenvalue weighted by atomic mass is 32.2. The number of thioether (sulfide) groups is 1. The normalized spacial score (nSPS) is 16.0. The molecule has 0 bridgehead atoms. The van der Waals surface area contributed by atoms with Crippen LogP contribution in [0.2, 0.25) is 0 Å². The molecule has 1 aliphatic rings. The molecule has 2 aromatic rings. The highest BCUT2D eigenvalue weighted by molar-refractivity contribution is 8.18. The fourth-order valence-electron chi connectivity index (χ4n) is 3.30. The van der Waals surface area contributed by atoms with Gasteiger partial charge in [-0.15, -0.1) is 0 Å². The quantitative estimate of drug-likeness (QED) is 0.717. The van der Waals surface area contributed by atoms with Crippen LogP contribution in [-0.4, -0.2) is 40.9 Å². The van der Waals surface area contributed by atoms with Gasteiger partial charge in [-0.05, 0) is 74.4 Å². The Morgan fingerprint density at radius 1 is 1.15 bits per heavy atom. The summed E-state index contributed by atoms with van der Waals surface area (Å²) in [5, 5.41) is -0.244. The Labute approximate surface area is 164 Å². The molecule has 142 valence electrons.